The molecule has 1 fully saturated rings. The second-order valence-electron chi connectivity index (χ2n) is 9.65. The van der Waals surface area contributed by atoms with Gasteiger partial charge in [0.1, 0.15) is 12.1 Å². The lowest BCUT2D eigenvalue weighted by Gasteiger charge is -2.38. The summed E-state index contributed by atoms with van der Waals surface area (Å²) in [4.78, 5) is 30.6. The van der Waals surface area contributed by atoms with E-state index in [1.54, 1.807) is 12.1 Å². The van der Waals surface area contributed by atoms with Crippen LogP contribution in [0.15, 0.2) is 28.1 Å². The number of carbonyl (C=O) groups excluding carboxylic acids is 1. The van der Waals surface area contributed by atoms with Crippen molar-refractivity contribution in [1.82, 2.24) is 9.62 Å². The van der Waals surface area contributed by atoms with Crippen LogP contribution in [0.2, 0.25) is 0 Å². The van der Waals surface area contributed by atoms with Gasteiger partial charge in [0.05, 0.1) is 4.90 Å². The van der Waals surface area contributed by atoms with E-state index in [1.807, 2.05) is 6.92 Å². The number of guanidine groups is 1. The van der Waals surface area contributed by atoms with Gasteiger partial charge < -0.3 is 32.3 Å². The molecule has 1 amide bonds. The van der Waals surface area contributed by atoms with Crippen molar-refractivity contribution in [2.45, 2.75) is 62.9 Å². The maximum absolute atomic E-state index is 13.5. The van der Waals surface area contributed by atoms with Gasteiger partial charge in [0.2, 0.25) is 15.9 Å². The molecule has 0 unspecified atom stereocenters. The van der Waals surface area contributed by atoms with Crippen molar-refractivity contribution in [2.75, 3.05) is 25.0 Å². The SMILES string of the molecule is C[C@H]1CNc2ccc(S(=O)(=O)N[C@@H](CCCN=C(N)N)C(=O)N3CC[C@H](C)C[C@@H]3C(=O)O)cc2C1.O. The van der Waals surface area contributed by atoms with Crippen LogP contribution in [-0.4, -0.2) is 73.5 Å². The van der Waals surface area contributed by atoms with E-state index in [2.05, 4.69) is 22.0 Å². The highest BCUT2D eigenvalue weighted by molar-refractivity contribution is 7.89. The molecule has 4 atom stereocenters. The van der Waals surface area contributed by atoms with Crippen molar-refractivity contribution in [3.63, 3.8) is 0 Å². The summed E-state index contributed by atoms with van der Waals surface area (Å²) < 4.78 is 29.2. The van der Waals surface area contributed by atoms with E-state index in [0.29, 0.717) is 25.2 Å². The lowest BCUT2D eigenvalue weighted by molar-refractivity contribution is -0.153. The number of nitrogens with zero attached hydrogens (tertiary/aromatic N) is 2. The Morgan fingerprint density at radius 3 is 2.67 bits per heavy atom. The van der Waals surface area contributed by atoms with Crippen molar-refractivity contribution in [3.8, 4) is 0 Å². The summed E-state index contributed by atoms with van der Waals surface area (Å²) in [6.07, 6.45) is 2.18. The van der Waals surface area contributed by atoms with E-state index in [0.717, 1.165) is 24.2 Å². The fraction of sp³-hybridized carbons (Fsp3) is 0.609. The van der Waals surface area contributed by atoms with Gasteiger partial charge in [-0.1, -0.05) is 13.8 Å². The van der Waals surface area contributed by atoms with Crippen LogP contribution in [0, 0.1) is 11.8 Å². The van der Waals surface area contributed by atoms with Crippen LogP contribution in [0.1, 0.15) is 45.1 Å². The summed E-state index contributed by atoms with van der Waals surface area (Å²) in [7, 11) is -4.05. The van der Waals surface area contributed by atoms with Gasteiger partial charge in [-0.25, -0.2) is 13.2 Å². The maximum atomic E-state index is 13.5. The zero-order chi connectivity index (χ0) is 25.8. The van der Waals surface area contributed by atoms with E-state index in [-0.39, 0.29) is 41.8 Å². The third-order valence-corrected chi connectivity index (χ3v) is 8.04. The fourth-order valence-corrected chi connectivity index (χ4v) is 5.92. The number of amides is 1. The summed E-state index contributed by atoms with van der Waals surface area (Å²) in [6, 6.07) is 2.74. The summed E-state index contributed by atoms with van der Waals surface area (Å²) >= 11 is 0. The molecule has 1 aromatic rings. The number of nitrogens with one attached hydrogen (secondary N) is 2. The van der Waals surface area contributed by atoms with E-state index in [9.17, 15) is 23.1 Å². The molecule has 2 heterocycles. The van der Waals surface area contributed by atoms with Crippen molar-refractivity contribution in [2.24, 2.45) is 28.3 Å². The van der Waals surface area contributed by atoms with Gasteiger partial charge in [0.25, 0.3) is 0 Å². The van der Waals surface area contributed by atoms with Crippen LogP contribution in [0.3, 0.4) is 0 Å². The quantitative estimate of drug-likeness (QED) is 0.166. The molecule has 13 heteroatoms. The predicted molar refractivity (Wildman–Crippen MR) is 137 cm³/mol. The summed E-state index contributed by atoms with van der Waals surface area (Å²) in [5.41, 5.74) is 12.5. The third kappa shape index (κ3) is 7.31. The highest BCUT2D eigenvalue weighted by Gasteiger charge is 2.38. The standard InChI is InChI=1S/C23H36N6O5S.H2O/c1-14-7-9-29(20(11-14)22(31)32)21(30)19(4-3-8-26-23(24)25)28-35(33,34)17-5-6-18-16(12-17)10-15(2)13-27-18;/h5-6,12,14-15,19-20,27-28H,3-4,7-11,13H2,1-2H3,(H,31,32)(H4,24,25,26);1H2/t14-,15+,19-,20+;/m0./s1. The van der Waals surface area contributed by atoms with Gasteiger partial charge in [0, 0.05) is 25.3 Å². The van der Waals surface area contributed by atoms with Crippen LogP contribution in [0.4, 0.5) is 5.69 Å². The number of nitrogens with two attached hydrogens (primary N) is 2. The van der Waals surface area contributed by atoms with Crippen molar-refractivity contribution in [1.29, 1.82) is 0 Å². The number of fused-ring (bicyclic) bond motifs is 1. The second-order valence-corrected chi connectivity index (χ2v) is 11.4. The highest BCUT2D eigenvalue weighted by atomic mass is 32.2. The number of likely N-dealkylation sites (tertiary alicyclic amines) is 1. The number of carboxylic acid groups (broad SMARTS) is 1. The Hall–Kier alpha value is -2.90. The zero-order valence-electron chi connectivity index (χ0n) is 20.7. The molecule has 202 valence electrons. The fourth-order valence-electron chi connectivity index (χ4n) is 4.64. The van der Waals surface area contributed by atoms with E-state index >= 15 is 0 Å². The van der Waals surface area contributed by atoms with Gasteiger partial charge in [-0.2, -0.15) is 4.72 Å². The molecular formula is C23H38N6O6S. The minimum atomic E-state index is -4.05. The number of rotatable bonds is 9. The molecular weight excluding hydrogens is 488 g/mol. The number of benzene rings is 1. The molecule has 2 aliphatic rings. The zero-order valence-corrected chi connectivity index (χ0v) is 21.6. The van der Waals surface area contributed by atoms with E-state index < -0.39 is 34.0 Å². The average Bonchev–Trinajstić information content (AvgIpc) is 2.79. The van der Waals surface area contributed by atoms with Crippen molar-refractivity contribution < 1.29 is 28.6 Å². The molecule has 9 N–H and O–H groups in total. The van der Waals surface area contributed by atoms with Crippen LogP contribution in [0.5, 0.6) is 0 Å². The normalized spacial score (nSPS) is 22.4. The number of sulfonamides is 1. The Morgan fingerprint density at radius 2 is 2.00 bits per heavy atom. The van der Waals surface area contributed by atoms with Gasteiger partial charge in [-0.05, 0) is 67.7 Å². The molecule has 0 saturated carbocycles. The summed E-state index contributed by atoms with van der Waals surface area (Å²) in [5.74, 6) is -1.22. The molecule has 0 aromatic heterocycles. The van der Waals surface area contributed by atoms with Gasteiger partial charge in [-0.3, -0.25) is 9.79 Å². The monoisotopic (exact) mass is 526 g/mol. The van der Waals surface area contributed by atoms with Crippen LogP contribution < -0.4 is 21.5 Å². The first-order valence-corrected chi connectivity index (χ1v) is 13.4. The number of aliphatic carboxylic acids is 1. The lowest BCUT2D eigenvalue weighted by atomic mass is 9.91. The van der Waals surface area contributed by atoms with Gasteiger partial charge in [-0.15, -0.1) is 0 Å². The molecule has 3 rings (SSSR count). The molecule has 36 heavy (non-hydrogen) atoms. The summed E-state index contributed by atoms with van der Waals surface area (Å²) in [5, 5.41) is 13.0. The Kier molecular flexibility index (Phi) is 10.1. The smallest absolute Gasteiger partial charge is 0.326 e. The molecule has 1 aromatic carbocycles. The Bertz CT molecular complexity index is 1070. The first-order valence-electron chi connectivity index (χ1n) is 12.0. The molecule has 0 bridgehead atoms. The van der Waals surface area contributed by atoms with Gasteiger partial charge in [0.15, 0.2) is 5.96 Å². The Labute approximate surface area is 211 Å². The largest absolute Gasteiger partial charge is 0.480 e. The molecule has 0 aliphatic carbocycles. The lowest BCUT2D eigenvalue weighted by Crippen LogP contribution is -2.56. The number of piperidine rings is 1. The minimum absolute atomic E-state index is 0. The maximum Gasteiger partial charge on any atom is 0.326 e. The third-order valence-electron chi connectivity index (χ3n) is 6.57. The van der Waals surface area contributed by atoms with Crippen molar-refractivity contribution in [3.05, 3.63) is 23.8 Å². The van der Waals surface area contributed by atoms with Crippen LogP contribution >= 0.6 is 0 Å². The summed E-state index contributed by atoms with van der Waals surface area (Å²) in [6.45, 7) is 5.32. The second kappa shape index (κ2) is 12.4. The Balaban J connectivity index is 0.00000456. The molecule has 0 radical (unpaired) electrons. The number of aliphatic imine (C=N–C) groups is 1. The average molecular weight is 527 g/mol. The van der Waals surface area contributed by atoms with Crippen LogP contribution in [-0.2, 0) is 26.0 Å². The van der Waals surface area contributed by atoms with Crippen LogP contribution in [0.25, 0.3) is 0 Å². The number of carboxylic acids is 1. The first-order chi connectivity index (χ1) is 16.5. The number of hydrogen-bond donors (Lipinski definition) is 5. The molecule has 12 nitrogen and oxygen atoms in total. The van der Waals surface area contributed by atoms with E-state index in [4.69, 9.17) is 11.5 Å². The highest BCUT2D eigenvalue weighted by Crippen LogP contribution is 2.28. The predicted octanol–water partition coefficient (Wildman–Crippen LogP) is -0.122. The number of carbonyl (C=O) groups is 2. The van der Waals surface area contributed by atoms with Gasteiger partial charge >= 0.3 is 5.97 Å². The Morgan fingerprint density at radius 1 is 1.28 bits per heavy atom. The van der Waals surface area contributed by atoms with Crippen molar-refractivity contribution >= 4 is 33.5 Å². The topological polar surface area (TPSA) is 212 Å². The first kappa shape index (κ1) is 29.3. The molecule has 2 aliphatic heterocycles. The van der Waals surface area contributed by atoms with E-state index in [1.165, 1.54) is 11.0 Å². The number of anilines is 1. The number of hydrogen-bond acceptors (Lipinski definition) is 6. The molecule has 0 spiro atoms. The minimum Gasteiger partial charge on any atom is -0.480 e. The molecule has 1 saturated heterocycles.